The standard InChI is InChI=1S/C13H13F3N2O5S/c1-8-6-10(23-17-8)9-2-3-12(22-9)24(19,20)18-4-5-21-11(7-18)13(14,15)16/h2-3,6,11H,4-5,7H2,1H3. The normalized spacial score (nSPS) is 20.4. The van der Waals surface area contributed by atoms with Crippen molar-refractivity contribution in [3.63, 3.8) is 0 Å². The van der Waals surface area contributed by atoms with Crippen molar-refractivity contribution in [2.45, 2.75) is 24.3 Å². The number of morpholine rings is 1. The zero-order valence-electron chi connectivity index (χ0n) is 12.4. The Morgan fingerprint density at radius 2 is 2.04 bits per heavy atom. The minimum absolute atomic E-state index is 0.120. The van der Waals surface area contributed by atoms with E-state index in [4.69, 9.17) is 8.94 Å². The second kappa shape index (κ2) is 5.90. The van der Waals surface area contributed by atoms with Crippen LogP contribution in [0.1, 0.15) is 5.69 Å². The van der Waals surface area contributed by atoms with Crippen molar-refractivity contribution in [2.75, 3.05) is 19.7 Å². The molecular formula is C13H13F3N2O5S. The molecule has 132 valence electrons. The van der Waals surface area contributed by atoms with Crippen LogP contribution in [-0.2, 0) is 14.8 Å². The van der Waals surface area contributed by atoms with Gasteiger partial charge in [-0.3, -0.25) is 0 Å². The average molecular weight is 366 g/mol. The van der Waals surface area contributed by atoms with Gasteiger partial charge in [0.15, 0.2) is 11.9 Å². The maximum Gasteiger partial charge on any atom is 0.415 e. The lowest BCUT2D eigenvalue weighted by atomic mass is 10.3. The SMILES string of the molecule is Cc1cc(-c2ccc(S(=O)(=O)N3CCOC(C(F)(F)F)C3)o2)on1. The number of aromatic nitrogens is 1. The zero-order chi connectivity index (χ0) is 17.5. The Labute approximate surface area is 135 Å². The van der Waals surface area contributed by atoms with E-state index in [-0.39, 0.29) is 24.7 Å². The van der Waals surface area contributed by atoms with Crippen molar-refractivity contribution >= 4 is 10.0 Å². The molecule has 3 rings (SSSR count). The molecule has 0 amide bonds. The van der Waals surface area contributed by atoms with Crippen molar-refractivity contribution in [1.29, 1.82) is 0 Å². The third-order valence-electron chi connectivity index (χ3n) is 3.44. The van der Waals surface area contributed by atoms with Gasteiger partial charge in [-0.1, -0.05) is 5.16 Å². The number of rotatable bonds is 3. The van der Waals surface area contributed by atoms with Gasteiger partial charge in [0, 0.05) is 19.2 Å². The van der Waals surface area contributed by atoms with E-state index in [0.29, 0.717) is 10.00 Å². The fourth-order valence-electron chi connectivity index (χ4n) is 2.24. The van der Waals surface area contributed by atoms with Gasteiger partial charge in [-0.15, -0.1) is 0 Å². The molecule has 1 fully saturated rings. The third-order valence-corrected chi connectivity index (χ3v) is 5.18. The molecule has 1 saturated heterocycles. The molecule has 24 heavy (non-hydrogen) atoms. The molecule has 7 nitrogen and oxygen atoms in total. The molecule has 1 atom stereocenters. The summed E-state index contributed by atoms with van der Waals surface area (Å²) in [7, 11) is -4.21. The predicted molar refractivity (Wildman–Crippen MR) is 73.5 cm³/mol. The molecule has 1 aliphatic rings. The van der Waals surface area contributed by atoms with E-state index < -0.39 is 33.9 Å². The number of aryl methyl sites for hydroxylation is 1. The zero-order valence-corrected chi connectivity index (χ0v) is 13.2. The predicted octanol–water partition coefficient (Wildman–Crippen LogP) is 2.19. The van der Waals surface area contributed by atoms with Crippen LogP contribution in [0.2, 0.25) is 0 Å². The molecule has 2 aromatic heterocycles. The molecule has 0 N–H and O–H groups in total. The van der Waals surface area contributed by atoms with Crippen molar-refractivity contribution < 1.29 is 35.3 Å². The number of sulfonamides is 1. The fourth-order valence-corrected chi connectivity index (χ4v) is 3.58. The summed E-state index contributed by atoms with van der Waals surface area (Å²) in [5.74, 6) is 0.346. The van der Waals surface area contributed by atoms with E-state index in [1.54, 1.807) is 13.0 Å². The van der Waals surface area contributed by atoms with E-state index >= 15 is 0 Å². The van der Waals surface area contributed by atoms with E-state index in [2.05, 4.69) is 9.89 Å². The maximum atomic E-state index is 12.7. The number of hydrogen-bond donors (Lipinski definition) is 0. The Balaban J connectivity index is 1.84. The first-order valence-electron chi connectivity index (χ1n) is 6.90. The van der Waals surface area contributed by atoms with Gasteiger partial charge >= 0.3 is 6.18 Å². The van der Waals surface area contributed by atoms with E-state index in [9.17, 15) is 21.6 Å². The van der Waals surface area contributed by atoms with Gasteiger partial charge in [0.05, 0.1) is 12.3 Å². The van der Waals surface area contributed by atoms with Gasteiger partial charge in [-0.2, -0.15) is 17.5 Å². The van der Waals surface area contributed by atoms with Crippen LogP contribution in [0.15, 0.2) is 32.2 Å². The number of ether oxygens (including phenoxy) is 1. The Morgan fingerprint density at radius 3 is 2.67 bits per heavy atom. The van der Waals surface area contributed by atoms with Crippen LogP contribution in [-0.4, -0.2) is 49.9 Å². The Hall–Kier alpha value is -1.85. The second-order valence-electron chi connectivity index (χ2n) is 5.22. The highest BCUT2D eigenvalue weighted by atomic mass is 32.2. The number of nitrogens with zero attached hydrogens (tertiary/aromatic N) is 2. The summed E-state index contributed by atoms with van der Waals surface area (Å²) in [6, 6.07) is 4.07. The van der Waals surface area contributed by atoms with Crippen molar-refractivity contribution in [3.8, 4) is 11.5 Å². The number of halogens is 3. The van der Waals surface area contributed by atoms with E-state index in [1.165, 1.54) is 12.1 Å². The lowest BCUT2D eigenvalue weighted by Gasteiger charge is -2.32. The van der Waals surface area contributed by atoms with Crippen LogP contribution in [0.3, 0.4) is 0 Å². The average Bonchev–Trinajstić information content (AvgIpc) is 3.15. The molecule has 1 aliphatic heterocycles. The number of furan rings is 1. The summed E-state index contributed by atoms with van der Waals surface area (Å²) in [4.78, 5) is 0. The van der Waals surface area contributed by atoms with Gasteiger partial charge in [0.2, 0.25) is 10.9 Å². The minimum atomic E-state index is -4.64. The molecule has 0 aliphatic carbocycles. The summed E-state index contributed by atoms with van der Waals surface area (Å²) in [5, 5.41) is 3.19. The first-order chi connectivity index (χ1) is 11.2. The summed E-state index contributed by atoms with van der Waals surface area (Å²) in [6.45, 7) is 0.326. The molecule has 0 bridgehead atoms. The first kappa shape index (κ1) is 17.0. The summed E-state index contributed by atoms with van der Waals surface area (Å²) < 4.78 is 78.7. The molecule has 11 heteroatoms. The van der Waals surface area contributed by atoms with E-state index in [0.717, 1.165) is 0 Å². The Bertz CT molecular complexity index is 827. The quantitative estimate of drug-likeness (QED) is 0.828. The Kier molecular flexibility index (Phi) is 4.18. The molecule has 1 unspecified atom stereocenters. The smallest absolute Gasteiger partial charge is 0.415 e. The largest absolute Gasteiger partial charge is 0.440 e. The second-order valence-corrected chi connectivity index (χ2v) is 7.08. The van der Waals surface area contributed by atoms with Crippen LogP contribution in [0.4, 0.5) is 13.2 Å². The molecule has 0 spiro atoms. The highest BCUT2D eigenvalue weighted by Crippen LogP contribution is 2.30. The highest BCUT2D eigenvalue weighted by molar-refractivity contribution is 7.89. The van der Waals surface area contributed by atoms with Crippen LogP contribution in [0.25, 0.3) is 11.5 Å². The third kappa shape index (κ3) is 3.19. The summed E-state index contributed by atoms with van der Waals surface area (Å²) in [5.41, 5.74) is 0.576. The summed E-state index contributed by atoms with van der Waals surface area (Å²) in [6.07, 6.45) is -6.80. The molecule has 3 heterocycles. The molecule has 0 radical (unpaired) electrons. The molecule has 2 aromatic rings. The molecular weight excluding hydrogens is 353 g/mol. The van der Waals surface area contributed by atoms with E-state index in [1.807, 2.05) is 0 Å². The Morgan fingerprint density at radius 1 is 1.29 bits per heavy atom. The van der Waals surface area contributed by atoms with Crippen molar-refractivity contribution in [3.05, 3.63) is 23.9 Å². The van der Waals surface area contributed by atoms with Crippen LogP contribution >= 0.6 is 0 Å². The van der Waals surface area contributed by atoms with Gasteiger partial charge < -0.3 is 13.7 Å². The lowest BCUT2D eigenvalue weighted by molar-refractivity contribution is -0.231. The maximum absolute atomic E-state index is 12.7. The van der Waals surface area contributed by atoms with Gasteiger partial charge in [0.25, 0.3) is 10.0 Å². The molecule has 0 saturated carbocycles. The van der Waals surface area contributed by atoms with Crippen molar-refractivity contribution in [2.24, 2.45) is 0 Å². The number of hydrogen-bond acceptors (Lipinski definition) is 6. The minimum Gasteiger partial charge on any atom is -0.440 e. The topological polar surface area (TPSA) is 85.8 Å². The van der Waals surface area contributed by atoms with Crippen LogP contribution < -0.4 is 0 Å². The van der Waals surface area contributed by atoms with Crippen molar-refractivity contribution in [1.82, 2.24) is 9.46 Å². The molecule has 0 aromatic carbocycles. The van der Waals surface area contributed by atoms with Crippen LogP contribution in [0, 0.1) is 6.92 Å². The van der Waals surface area contributed by atoms with Crippen LogP contribution in [0.5, 0.6) is 0 Å². The first-order valence-corrected chi connectivity index (χ1v) is 8.34. The highest BCUT2D eigenvalue weighted by Gasteiger charge is 2.46. The fraction of sp³-hybridized carbons (Fsp3) is 0.462. The monoisotopic (exact) mass is 366 g/mol. The van der Waals surface area contributed by atoms with Gasteiger partial charge in [0.1, 0.15) is 0 Å². The number of alkyl halides is 3. The summed E-state index contributed by atoms with van der Waals surface area (Å²) >= 11 is 0. The van der Waals surface area contributed by atoms with Gasteiger partial charge in [-0.25, -0.2) is 8.42 Å². The lowest BCUT2D eigenvalue weighted by Crippen LogP contribution is -2.50. The van der Waals surface area contributed by atoms with Gasteiger partial charge in [-0.05, 0) is 19.1 Å².